The molecule has 0 aromatic carbocycles. The average Bonchev–Trinajstić information content (AvgIpc) is 2.33. The molecule has 0 bridgehead atoms. The largest absolute Gasteiger partial charge is 0.383 e. The highest BCUT2D eigenvalue weighted by molar-refractivity contribution is 14.0. The van der Waals surface area contributed by atoms with E-state index in [1.165, 1.54) is 0 Å². The Labute approximate surface area is 148 Å². The van der Waals surface area contributed by atoms with E-state index in [-0.39, 0.29) is 30.0 Å². The Bertz CT molecular complexity index is 272. The Hall–Kier alpha value is -0.0800. The molecule has 0 saturated heterocycles. The first kappa shape index (κ1) is 23.2. The first-order chi connectivity index (χ1) is 9.40. The SMILES string of the molecule is CCNC(=NCC(CC(C)C)N(C)C)NC(C)COC.I. The second kappa shape index (κ2) is 13.6. The minimum Gasteiger partial charge on any atom is -0.383 e. The van der Waals surface area contributed by atoms with Crippen LogP contribution in [0.3, 0.4) is 0 Å². The summed E-state index contributed by atoms with van der Waals surface area (Å²) in [6, 6.07) is 0.726. The first-order valence-electron chi connectivity index (χ1n) is 7.60. The van der Waals surface area contributed by atoms with Crippen LogP contribution in [0.1, 0.15) is 34.1 Å². The zero-order chi connectivity index (χ0) is 15.5. The van der Waals surface area contributed by atoms with Crippen molar-refractivity contribution in [1.29, 1.82) is 0 Å². The molecule has 0 heterocycles. The average molecular weight is 414 g/mol. The Kier molecular flexibility index (Phi) is 15.0. The van der Waals surface area contributed by atoms with Crippen LogP contribution in [0.4, 0.5) is 0 Å². The van der Waals surface area contributed by atoms with Gasteiger partial charge in [-0.3, -0.25) is 4.99 Å². The van der Waals surface area contributed by atoms with Crippen molar-refractivity contribution < 1.29 is 4.74 Å². The van der Waals surface area contributed by atoms with E-state index in [2.05, 4.69) is 57.3 Å². The predicted octanol–water partition coefficient (Wildman–Crippen LogP) is 2.17. The van der Waals surface area contributed by atoms with Crippen molar-refractivity contribution in [3.63, 3.8) is 0 Å². The van der Waals surface area contributed by atoms with Crippen LogP contribution in [0.25, 0.3) is 0 Å². The van der Waals surface area contributed by atoms with Crippen LogP contribution in [-0.2, 0) is 4.74 Å². The van der Waals surface area contributed by atoms with Crippen molar-refractivity contribution in [2.75, 3.05) is 40.9 Å². The van der Waals surface area contributed by atoms with E-state index in [0.717, 1.165) is 25.5 Å². The van der Waals surface area contributed by atoms with Crippen molar-refractivity contribution in [2.45, 2.75) is 46.2 Å². The molecule has 0 saturated carbocycles. The van der Waals surface area contributed by atoms with Gasteiger partial charge in [-0.05, 0) is 40.3 Å². The molecule has 5 nitrogen and oxygen atoms in total. The monoisotopic (exact) mass is 414 g/mol. The van der Waals surface area contributed by atoms with Crippen LogP contribution in [0.5, 0.6) is 0 Å². The first-order valence-corrected chi connectivity index (χ1v) is 7.60. The van der Waals surface area contributed by atoms with Crippen LogP contribution in [0.2, 0.25) is 0 Å². The number of ether oxygens (including phenoxy) is 1. The molecule has 0 aliphatic heterocycles. The summed E-state index contributed by atoms with van der Waals surface area (Å²) in [7, 11) is 5.96. The third-order valence-corrected chi connectivity index (χ3v) is 3.08. The normalized spacial score (nSPS) is 14.8. The molecule has 0 spiro atoms. The number of methoxy groups -OCH3 is 1. The van der Waals surface area contributed by atoms with E-state index in [9.17, 15) is 0 Å². The fourth-order valence-corrected chi connectivity index (χ4v) is 2.03. The smallest absolute Gasteiger partial charge is 0.191 e. The third-order valence-electron chi connectivity index (χ3n) is 3.08. The fraction of sp³-hybridized carbons (Fsp3) is 0.933. The zero-order valence-corrected chi connectivity index (χ0v) is 17.1. The maximum absolute atomic E-state index is 5.15. The number of halogens is 1. The van der Waals surface area contributed by atoms with Gasteiger partial charge in [0.1, 0.15) is 0 Å². The second-order valence-corrected chi connectivity index (χ2v) is 5.97. The summed E-state index contributed by atoms with van der Waals surface area (Å²) in [6.45, 7) is 11.0. The molecule has 0 aliphatic carbocycles. The summed E-state index contributed by atoms with van der Waals surface area (Å²) in [5.41, 5.74) is 0. The van der Waals surface area contributed by atoms with Crippen LogP contribution < -0.4 is 10.6 Å². The summed E-state index contributed by atoms with van der Waals surface area (Å²) in [4.78, 5) is 6.96. The second-order valence-electron chi connectivity index (χ2n) is 5.97. The highest BCUT2D eigenvalue weighted by Crippen LogP contribution is 2.09. The van der Waals surface area contributed by atoms with Gasteiger partial charge < -0.3 is 20.3 Å². The quantitative estimate of drug-likeness (QED) is 0.345. The van der Waals surface area contributed by atoms with Gasteiger partial charge in [-0.25, -0.2) is 0 Å². The Morgan fingerprint density at radius 3 is 2.29 bits per heavy atom. The molecule has 2 unspecified atom stereocenters. The number of guanidine groups is 1. The Morgan fingerprint density at radius 2 is 1.86 bits per heavy atom. The number of rotatable bonds is 9. The predicted molar refractivity (Wildman–Crippen MR) is 103 cm³/mol. The van der Waals surface area contributed by atoms with Gasteiger partial charge in [0.2, 0.25) is 0 Å². The lowest BCUT2D eigenvalue weighted by Crippen LogP contribution is -2.44. The Balaban J connectivity index is 0. The molecule has 0 aromatic rings. The lowest BCUT2D eigenvalue weighted by atomic mass is 10.0. The number of nitrogens with one attached hydrogen (secondary N) is 2. The third kappa shape index (κ3) is 12.2. The highest BCUT2D eigenvalue weighted by Gasteiger charge is 2.13. The lowest BCUT2D eigenvalue weighted by molar-refractivity contribution is 0.179. The van der Waals surface area contributed by atoms with Gasteiger partial charge in [-0.2, -0.15) is 0 Å². The summed E-state index contributed by atoms with van der Waals surface area (Å²) in [6.07, 6.45) is 1.16. The highest BCUT2D eigenvalue weighted by atomic mass is 127. The summed E-state index contributed by atoms with van der Waals surface area (Å²) in [5.74, 6) is 1.55. The van der Waals surface area contributed by atoms with Gasteiger partial charge in [-0.1, -0.05) is 13.8 Å². The topological polar surface area (TPSA) is 48.9 Å². The summed E-state index contributed by atoms with van der Waals surface area (Å²) >= 11 is 0. The number of nitrogens with zero attached hydrogens (tertiary/aromatic N) is 2. The molecule has 2 N–H and O–H groups in total. The molecule has 0 aromatic heterocycles. The molecule has 21 heavy (non-hydrogen) atoms. The van der Waals surface area contributed by atoms with Crippen molar-refractivity contribution >= 4 is 29.9 Å². The molecule has 0 rings (SSSR count). The number of hydrogen-bond donors (Lipinski definition) is 2. The van der Waals surface area contributed by atoms with E-state index in [4.69, 9.17) is 9.73 Å². The number of hydrogen-bond acceptors (Lipinski definition) is 3. The standard InChI is InChI=1S/C15H34N4O.HI/c1-8-16-15(18-13(4)11-20-7)17-10-14(19(5)6)9-12(2)3;/h12-14H,8-11H2,1-7H3,(H2,16,17,18);1H. The molecular weight excluding hydrogens is 379 g/mol. The van der Waals surface area contributed by atoms with Crippen molar-refractivity contribution in [1.82, 2.24) is 15.5 Å². The minimum atomic E-state index is 0. The van der Waals surface area contributed by atoms with Crippen LogP contribution >= 0.6 is 24.0 Å². The van der Waals surface area contributed by atoms with Gasteiger partial charge in [0, 0.05) is 25.7 Å². The molecule has 0 amide bonds. The van der Waals surface area contributed by atoms with Crippen molar-refractivity contribution in [3.05, 3.63) is 0 Å². The van der Waals surface area contributed by atoms with Crippen molar-refractivity contribution in [2.24, 2.45) is 10.9 Å². The summed E-state index contributed by atoms with van der Waals surface area (Å²) in [5, 5.41) is 6.65. The van der Waals surface area contributed by atoms with E-state index < -0.39 is 0 Å². The van der Waals surface area contributed by atoms with Gasteiger partial charge >= 0.3 is 0 Å². The lowest BCUT2D eigenvalue weighted by Gasteiger charge is -2.25. The van der Waals surface area contributed by atoms with Gasteiger partial charge in [-0.15, -0.1) is 24.0 Å². The summed E-state index contributed by atoms with van der Waals surface area (Å²) < 4.78 is 5.15. The molecule has 2 atom stereocenters. The maximum Gasteiger partial charge on any atom is 0.191 e. The Morgan fingerprint density at radius 1 is 1.24 bits per heavy atom. The van der Waals surface area contributed by atoms with Crippen LogP contribution in [-0.4, -0.2) is 63.8 Å². The maximum atomic E-state index is 5.15. The zero-order valence-electron chi connectivity index (χ0n) is 14.8. The fourth-order valence-electron chi connectivity index (χ4n) is 2.03. The molecule has 0 aliphatic rings. The van der Waals surface area contributed by atoms with E-state index in [1.807, 2.05) is 0 Å². The molecule has 0 fully saturated rings. The van der Waals surface area contributed by atoms with E-state index in [0.29, 0.717) is 18.6 Å². The van der Waals surface area contributed by atoms with Gasteiger partial charge in [0.05, 0.1) is 13.2 Å². The molecule has 0 radical (unpaired) electrons. The van der Waals surface area contributed by atoms with Gasteiger partial charge in [0.15, 0.2) is 5.96 Å². The van der Waals surface area contributed by atoms with Gasteiger partial charge in [0.25, 0.3) is 0 Å². The van der Waals surface area contributed by atoms with Crippen LogP contribution in [0, 0.1) is 5.92 Å². The van der Waals surface area contributed by atoms with Crippen LogP contribution in [0.15, 0.2) is 4.99 Å². The number of likely N-dealkylation sites (N-methyl/N-ethyl adjacent to an activating group) is 1. The molecule has 128 valence electrons. The van der Waals surface area contributed by atoms with E-state index >= 15 is 0 Å². The van der Waals surface area contributed by atoms with E-state index in [1.54, 1.807) is 7.11 Å². The van der Waals surface area contributed by atoms with Crippen molar-refractivity contribution in [3.8, 4) is 0 Å². The minimum absolute atomic E-state index is 0. The number of aliphatic imine (C=N–C) groups is 1. The molecule has 6 heteroatoms. The molecular formula is C15H35IN4O.